The maximum Gasteiger partial charge on any atom is 0.337 e. The number of carbonyl (C=O) groups excluding carboxylic acids is 2. The number of carboxylic acids is 1. The number of fused-ring (bicyclic) bond motifs is 4. The number of benzene rings is 3. The molecule has 10 nitrogen and oxygen atoms in total. The lowest BCUT2D eigenvalue weighted by molar-refractivity contribution is 0.0698. The highest BCUT2D eigenvalue weighted by Crippen LogP contribution is 2.46. The number of amides is 1. The molecule has 0 spiro atoms. The van der Waals surface area contributed by atoms with Crippen LogP contribution in [0, 0.1) is 27.7 Å². The third kappa shape index (κ3) is 5.56. The molecule has 1 atom stereocenters. The maximum absolute atomic E-state index is 15.1. The molecule has 1 unspecified atom stereocenters. The number of aldehydes is 1. The Balaban J connectivity index is 1.41. The van der Waals surface area contributed by atoms with E-state index in [0.29, 0.717) is 53.0 Å². The summed E-state index contributed by atoms with van der Waals surface area (Å²) in [5, 5.41) is 17.3. The second-order valence-corrected chi connectivity index (χ2v) is 14.6. The minimum absolute atomic E-state index is 0.0577. The summed E-state index contributed by atoms with van der Waals surface area (Å²) in [4.78, 5) is 41.1. The van der Waals surface area contributed by atoms with Gasteiger partial charge in [0, 0.05) is 71.1 Å². The SMILES string of the molecule is Cc1cc(OCCCc2c3n(c4c(-c5c(C)nn(C)c5C)c(Cl)ccc24)C(C)CN(c2cc(C=O)cc4c(C(=O)O)cn(C)c24)C3=O)cc(C)c1Cl. The number of aryl methyl sites for hydroxylation is 6. The zero-order chi connectivity index (χ0) is 37.3. The number of hydrogen-bond acceptors (Lipinski definition) is 5. The number of aromatic carboxylic acids is 1. The summed E-state index contributed by atoms with van der Waals surface area (Å²) in [5.74, 6) is -0.631. The van der Waals surface area contributed by atoms with Crippen LogP contribution in [0.2, 0.25) is 10.0 Å². The Morgan fingerprint density at radius 2 is 1.73 bits per heavy atom. The van der Waals surface area contributed by atoms with Crippen molar-refractivity contribution in [2.45, 2.75) is 53.5 Å². The van der Waals surface area contributed by atoms with Crippen molar-refractivity contribution < 1.29 is 24.2 Å². The maximum atomic E-state index is 15.1. The van der Waals surface area contributed by atoms with E-state index in [4.69, 9.17) is 33.0 Å². The molecule has 1 aliphatic rings. The van der Waals surface area contributed by atoms with Crippen molar-refractivity contribution in [1.82, 2.24) is 18.9 Å². The van der Waals surface area contributed by atoms with E-state index in [-0.39, 0.29) is 29.6 Å². The minimum atomic E-state index is -1.11. The van der Waals surface area contributed by atoms with Gasteiger partial charge in [0.15, 0.2) is 0 Å². The third-order valence-electron chi connectivity index (χ3n) is 10.3. The Morgan fingerprint density at radius 1 is 1.02 bits per heavy atom. The first-order valence-corrected chi connectivity index (χ1v) is 17.9. The van der Waals surface area contributed by atoms with Crippen LogP contribution in [0.4, 0.5) is 5.69 Å². The summed E-state index contributed by atoms with van der Waals surface area (Å²) in [5.41, 5.74) is 9.03. The number of hydrogen-bond donors (Lipinski definition) is 1. The molecule has 1 amide bonds. The number of aromatic nitrogens is 4. The van der Waals surface area contributed by atoms with E-state index in [1.165, 1.54) is 6.20 Å². The van der Waals surface area contributed by atoms with E-state index in [9.17, 15) is 14.7 Å². The molecule has 52 heavy (non-hydrogen) atoms. The van der Waals surface area contributed by atoms with Gasteiger partial charge in [-0.3, -0.25) is 14.3 Å². The number of ether oxygens (including phenoxy) is 1. The van der Waals surface area contributed by atoms with Gasteiger partial charge in [-0.1, -0.05) is 29.3 Å². The van der Waals surface area contributed by atoms with Gasteiger partial charge in [-0.05, 0) is 94.5 Å². The van der Waals surface area contributed by atoms with E-state index in [2.05, 4.69) is 11.5 Å². The van der Waals surface area contributed by atoms with Crippen LogP contribution in [0.3, 0.4) is 0 Å². The molecule has 0 radical (unpaired) electrons. The van der Waals surface area contributed by atoms with Crippen molar-refractivity contribution in [3.63, 3.8) is 0 Å². The lowest BCUT2D eigenvalue weighted by Crippen LogP contribution is -2.43. The van der Waals surface area contributed by atoms with Crippen LogP contribution in [0.25, 0.3) is 32.9 Å². The average Bonchev–Trinajstić information content (AvgIpc) is 3.71. The van der Waals surface area contributed by atoms with Crippen molar-refractivity contribution in [3.05, 3.63) is 97.5 Å². The largest absolute Gasteiger partial charge is 0.494 e. The average molecular weight is 741 g/mol. The van der Waals surface area contributed by atoms with Gasteiger partial charge in [0.05, 0.1) is 39.6 Å². The Kier molecular flexibility index (Phi) is 8.95. The van der Waals surface area contributed by atoms with Gasteiger partial charge in [-0.2, -0.15) is 5.10 Å². The summed E-state index contributed by atoms with van der Waals surface area (Å²) in [7, 11) is 3.65. The van der Waals surface area contributed by atoms with Crippen molar-refractivity contribution in [1.29, 1.82) is 0 Å². The van der Waals surface area contributed by atoms with Gasteiger partial charge in [-0.25, -0.2) is 4.79 Å². The standard InChI is InChI=1S/C40H39Cl2N5O5/c1-20-13-26(14-21(2)35(20)42)52-12-8-9-27-28-10-11-31(41)34(33-23(4)43-45(7)24(33)5)37(28)47-22(3)17-46(39(49)38(27)47)32-16-25(19-48)15-29-30(40(50)51)18-44(6)36(29)32/h10-11,13-16,18-19,22H,8-9,12,17H2,1-7H3,(H,50,51). The van der Waals surface area contributed by atoms with Gasteiger partial charge in [0.2, 0.25) is 0 Å². The quantitative estimate of drug-likeness (QED) is 0.117. The molecule has 0 fully saturated rings. The van der Waals surface area contributed by atoms with Gasteiger partial charge < -0.3 is 23.9 Å². The minimum Gasteiger partial charge on any atom is -0.494 e. The lowest BCUT2D eigenvalue weighted by Gasteiger charge is -2.35. The number of rotatable bonds is 9. The van der Waals surface area contributed by atoms with Crippen LogP contribution in [0.1, 0.15) is 78.7 Å². The number of halogens is 2. The van der Waals surface area contributed by atoms with Crippen molar-refractivity contribution in [2.75, 3.05) is 18.1 Å². The van der Waals surface area contributed by atoms with Crippen LogP contribution >= 0.6 is 23.2 Å². The van der Waals surface area contributed by atoms with Crippen LogP contribution in [-0.4, -0.2) is 55.3 Å². The van der Waals surface area contributed by atoms with Gasteiger partial charge >= 0.3 is 5.97 Å². The zero-order valence-corrected chi connectivity index (χ0v) is 31.6. The molecule has 12 heteroatoms. The second-order valence-electron chi connectivity index (χ2n) is 13.8. The summed E-state index contributed by atoms with van der Waals surface area (Å²) in [6, 6.07) is 10.7. The third-order valence-corrected chi connectivity index (χ3v) is 11.2. The Labute approximate surface area is 311 Å². The topological polar surface area (TPSA) is 112 Å². The molecule has 0 saturated heterocycles. The molecule has 0 bridgehead atoms. The fourth-order valence-electron chi connectivity index (χ4n) is 7.93. The molecule has 6 aromatic rings. The van der Waals surface area contributed by atoms with Gasteiger partial charge in [0.1, 0.15) is 17.7 Å². The summed E-state index contributed by atoms with van der Waals surface area (Å²) in [6.45, 7) is 10.6. The fraction of sp³-hybridized carbons (Fsp3) is 0.300. The highest BCUT2D eigenvalue weighted by molar-refractivity contribution is 6.35. The summed E-state index contributed by atoms with van der Waals surface area (Å²) < 4.78 is 11.8. The molecule has 3 aromatic heterocycles. The number of anilines is 1. The molecule has 0 aliphatic carbocycles. The highest BCUT2D eigenvalue weighted by atomic mass is 35.5. The van der Waals surface area contributed by atoms with Crippen LogP contribution in [-0.2, 0) is 20.5 Å². The smallest absolute Gasteiger partial charge is 0.337 e. The van der Waals surface area contributed by atoms with Gasteiger partial charge in [0.25, 0.3) is 5.91 Å². The highest BCUT2D eigenvalue weighted by Gasteiger charge is 2.38. The van der Waals surface area contributed by atoms with Gasteiger partial charge in [-0.15, -0.1) is 0 Å². The second kappa shape index (κ2) is 13.2. The van der Waals surface area contributed by atoms with Crippen molar-refractivity contribution in [2.24, 2.45) is 14.1 Å². The number of carboxylic acid groups (broad SMARTS) is 1. The van der Waals surface area contributed by atoms with E-state index in [1.54, 1.807) is 28.6 Å². The molecule has 0 saturated carbocycles. The molecule has 1 aliphatic heterocycles. The first kappa shape index (κ1) is 35.3. The van der Waals surface area contributed by atoms with E-state index >= 15 is 4.79 Å². The predicted octanol–water partition coefficient (Wildman–Crippen LogP) is 8.82. The zero-order valence-electron chi connectivity index (χ0n) is 30.1. The van der Waals surface area contributed by atoms with Crippen LogP contribution < -0.4 is 9.64 Å². The molecular formula is C40H39Cl2N5O5. The van der Waals surface area contributed by atoms with Crippen LogP contribution in [0.15, 0.2) is 42.6 Å². The number of nitrogens with zero attached hydrogens (tertiary/aromatic N) is 5. The molecule has 7 rings (SSSR count). The number of carbonyl (C=O) groups is 3. The molecule has 268 valence electrons. The van der Waals surface area contributed by atoms with E-state index < -0.39 is 5.97 Å². The monoisotopic (exact) mass is 739 g/mol. The molecular weight excluding hydrogens is 701 g/mol. The molecule has 4 heterocycles. The lowest BCUT2D eigenvalue weighted by atomic mass is 9.98. The Hall–Kier alpha value is -5.06. The van der Waals surface area contributed by atoms with Crippen LogP contribution in [0.5, 0.6) is 5.75 Å². The first-order valence-electron chi connectivity index (χ1n) is 17.1. The molecule has 3 aromatic carbocycles. The normalized spacial score (nSPS) is 14.4. The summed E-state index contributed by atoms with van der Waals surface area (Å²) >= 11 is 13.5. The van der Waals surface area contributed by atoms with Crippen molar-refractivity contribution in [3.8, 4) is 16.9 Å². The fourth-order valence-corrected chi connectivity index (χ4v) is 8.28. The predicted molar refractivity (Wildman–Crippen MR) is 205 cm³/mol. The van der Waals surface area contributed by atoms with E-state index in [1.807, 2.05) is 63.7 Å². The van der Waals surface area contributed by atoms with Crippen molar-refractivity contribution >= 4 is 68.9 Å². The Morgan fingerprint density at radius 3 is 2.37 bits per heavy atom. The summed E-state index contributed by atoms with van der Waals surface area (Å²) in [6.07, 6.45) is 3.34. The Bertz CT molecular complexity index is 2470. The molecule has 1 N–H and O–H groups in total. The first-order chi connectivity index (χ1) is 24.7. The van der Waals surface area contributed by atoms with E-state index in [0.717, 1.165) is 60.9 Å².